The number of fused-ring (bicyclic) bond motifs is 1. The summed E-state index contributed by atoms with van der Waals surface area (Å²) in [5, 5.41) is 14.2. The molecule has 2 aromatic carbocycles. The van der Waals surface area contributed by atoms with Gasteiger partial charge >= 0.3 is 0 Å². The van der Waals surface area contributed by atoms with Crippen LogP contribution in [0, 0.1) is 0 Å². The molecule has 4 rings (SSSR count). The van der Waals surface area contributed by atoms with Crippen LogP contribution >= 0.6 is 0 Å². The summed E-state index contributed by atoms with van der Waals surface area (Å²) in [7, 11) is 0. The molecule has 1 amide bonds. The lowest BCUT2D eigenvalue weighted by Gasteiger charge is -2.25. The number of carbonyl (C=O) groups is 1. The van der Waals surface area contributed by atoms with Crippen LogP contribution in [0.15, 0.2) is 54.9 Å². The Bertz CT molecular complexity index is 875. The van der Waals surface area contributed by atoms with Gasteiger partial charge in [0.2, 0.25) is 0 Å². The Labute approximate surface area is 145 Å². The highest BCUT2D eigenvalue weighted by Crippen LogP contribution is 2.30. The van der Waals surface area contributed by atoms with Crippen LogP contribution < -0.4 is 5.32 Å². The summed E-state index contributed by atoms with van der Waals surface area (Å²) in [6.45, 7) is 0.658. The molecule has 6 heteroatoms. The highest BCUT2D eigenvalue weighted by Gasteiger charge is 2.20. The third-order valence-electron chi connectivity index (χ3n) is 4.72. The highest BCUT2D eigenvalue weighted by atomic mass is 16.1. The van der Waals surface area contributed by atoms with Gasteiger partial charge in [0, 0.05) is 18.0 Å². The molecule has 0 fully saturated rings. The summed E-state index contributed by atoms with van der Waals surface area (Å²) >= 11 is 0. The van der Waals surface area contributed by atoms with Crippen LogP contribution in [0.1, 0.15) is 40.2 Å². The van der Waals surface area contributed by atoms with E-state index < -0.39 is 0 Å². The molecule has 3 aromatic rings. The number of hydrogen-bond donors (Lipinski definition) is 1. The van der Waals surface area contributed by atoms with Crippen molar-refractivity contribution in [2.45, 2.75) is 25.2 Å². The molecule has 1 N–H and O–H groups in total. The molecule has 0 aliphatic heterocycles. The minimum absolute atomic E-state index is 0.0713. The molecule has 0 radical (unpaired) electrons. The predicted octanol–water partition coefficient (Wildman–Crippen LogP) is 2.51. The minimum atomic E-state index is -0.0713. The summed E-state index contributed by atoms with van der Waals surface area (Å²) in [5.41, 5.74) is 4.16. The summed E-state index contributed by atoms with van der Waals surface area (Å²) in [6, 6.07) is 15.8. The quantitative estimate of drug-likeness (QED) is 0.796. The van der Waals surface area contributed by atoms with Gasteiger partial charge in [0.1, 0.15) is 6.33 Å². The topological polar surface area (TPSA) is 72.7 Å². The number of hydrogen-bond acceptors (Lipinski definition) is 4. The molecular weight excluding hydrogens is 314 g/mol. The van der Waals surface area contributed by atoms with Crippen LogP contribution in [0.3, 0.4) is 0 Å². The van der Waals surface area contributed by atoms with E-state index in [2.05, 4.69) is 45.1 Å². The fourth-order valence-corrected chi connectivity index (χ4v) is 3.45. The fraction of sp³-hybridized carbons (Fsp3) is 0.263. The first-order valence-electron chi connectivity index (χ1n) is 8.51. The van der Waals surface area contributed by atoms with Crippen molar-refractivity contribution in [1.82, 2.24) is 25.5 Å². The van der Waals surface area contributed by atoms with Gasteiger partial charge in [-0.05, 0) is 59.0 Å². The fourth-order valence-electron chi connectivity index (χ4n) is 3.45. The molecule has 6 nitrogen and oxygen atoms in total. The maximum Gasteiger partial charge on any atom is 0.251 e. The van der Waals surface area contributed by atoms with Gasteiger partial charge in [0.25, 0.3) is 5.91 Å². The molecule has 1 aliphatic carbocycles. The number of tetrazole rings is 1. The van der Waals surface area contributed by atoms with E-state index in [1.165, 1.54) is 28.6 Å². The van der Waals surface area contributed by atoms with Crippen molar-refractivity contribution < 1.29 is 4.79 Å². The molecule has 126 valence electrons. The molecule has 1 aliphatic rings. The number of amides is 1. The van der Waals surface area contributed by atoms with Gasteiger partial charge in [-0.1, -0.05) is 30.3 Å². The maximum atomic E-state index is 12.5. The van der Waals surface area contributed by atoms with Gasteiger partial charge in [-0.3, -0.25) is 4.79 Å². The zero-order chi connectivity index (χ0) is 17.1. The Hall–Kier alpha value is -3.02. The van der Waals surface area contributed by atoms with Gasteiger partial charge in [0.05, 0.1) is 5.69 Å². The smallest absolute Gasteiger partial charge is 0.251 e. The maximum absolute atomic E-state index is 12.5. The molecule has 0 saturated heterocycles. The predicted molar refractivity (Wildman–Crippen MR) is 93.6 cm³/mol. The van der Waals surface area contributed by atoms with Crippen molar-refractivity contribution in [3.8, 4) is 5.69 Å². The number of benzene rings is 2. The molecule has 0 spiro atoms. The van der Waals surface area contributed by atoms with E-state index in [0.29, 0.717) is 18.0 Å². The van der Waals surface area contributed by atoms with Crippen LogP contribution in [0.2, 0.25) is 0 Å². The van der Waals surface area contributed by atoms with Crippen LogP contribution in [0.25, 0.3) is 5.69 Å². The molecule has 1 aromatic heterocycles. The van der Waals surface area contributed by atoms with Crippen LogP contribution in [0.5, 0.6) is 0 Å². The summed E-state index contributed by atoms with van der Waals surface area (Å²) in [4.78, 5) is 12.5. The molecule has 1 atom stereocenters. The lowest BCUT2D eigenvalue weighted by Crippen LogP contribution is -2.30. The second-order valence-electron chi connectivity index (χ2n) is 6.30. The Morgan fingerprint density at radius 3 is 3.00 bits per heavy atom. The number of aryl methyl sites for hydroxylation is 1. The lowest BCUT2D eigenvalue weighted by atomic mass is 9.83. The van der Waals surface area contributed by atoms with E-state index >= 15 is 0 Å². The van der Waals surface area contributed by atoms with Crippen molar-refractivity contribution >= 4 is 5.91 Å². The first-order valence-corrected chi connectivity index (χ1v) is 8.51. The van der Waals surface area contributed by atoms with E-state index in [0.717, 1.165) is 18.5 Å². The Kier molecular flexibility index (Phi) is 4.24. The van der Waals surface area contributed by atoms with E-state index in [4.69, 9.17) is 0 Å². The Balaban J connectivity index is 1.46. The molecule has 0 bridgehead atoms. The van der Waals surface area contributed by atoms with Gasteiger partial charge in [-0.2, -0.15) is 0 Å². The van der Waals surface area contributed by atoms with E-state index in [1.54, 1.807) is 12.1 Å². The number of rotatable bonds is 4. The number of aromatic nitrogens is 4. The summed E-state index contributed by atoms with van der Waals surface area (Å²) < 4.78 is 1.54. The van der Waals surface area contributed by atoms with E-state index in [-0.39, 0.29) is 5.91 Å². The summed E-state index contributed by atoms with van der Waals surface area (Å²) in [6.07, 6.45) is 4.93. The molecular formula is C19H19N5O. The standard InChI is InChI=1S/C19H19N5O/c25-19(15-7-4-9-17(11-15)24-13-21-22-23-24)20-12-16-8-3-6-14-5-1-2-10-18(14)16/h1-2,4-5,7,9-11,13,16H,3,6,8,12H2,(H,20,25). The van der Waals surface area contributed by atoms with Crippen molar-refractivity contribution in [2.24, 2.45) is 0 Å². The molecule has 0 saturated carbocycles. The first-order chi connectivity index (χ1) is 12.3. The van der Waals surface area contributed by atoms with Crippen LogP contribution in [0.4, 0.5) is 0 Å². The monoisotopic (exact) mass is 333 g/mol. The first kappa shape index (κ1) is 15.5. The van der Waals surface area contributed by atoms with E-state index in [9.17, 15) is 4.79 Å². The SMILES string of the molecule is O=C(NCC1CCCc2ccccc21)c1cccc(-n2cnnn2)c1. The van der Waals surface area contributed by atoms with Crippen molar-refractivity contribution in [3.05, 3.63) is 71.5 Å². The third kappa shape index (κ3) is 3.28. The zero-order valence-corrected chi connectivity index (χ0v) is 13.8. The number of nitrogens with zero attached hydrogens (tertiary/aromatic N) is 4. The average molecular weight is 333 g/mol. The highest BCUT2D eigenvalue weighted by molar-refractivity contribution is 5.94. The third-order valence-corrected chi connectivity index (χ3v) is 4.72. The largest absolute Gasteiger partial charge is 0.351 e. The second kappa shape index (κ2) is 6.84. The normalized spacial score (nSPS) is 16.2. The van der Waals surface area contributed by atoms with Gasteiger partial charge in [0.15, 0.2) is 0 Å². The Morgan fingerprint density at radius 1 is 1.20 bits per heavy atom. The summed E-state index contributed by atoms with van der Waals surface area (Å²) in [5.74, 6) is 0.314. The van der Waals surface area contributed by atoms with Crippen molar-refractivity contribution in [2.75, 3.05) is 6.54 Å². The average Bonchev–Trinajstić information content (AvgIpc) is 3.21. The molecule has 25 heavy (non-hydrogen) atoms. The van der Waals surface area contributed by atoms with Crippen molar-refractivity contribution in [1.29, 1.82) is 0 Å². The second-order valence-corrected chi connectivity index (χ2v) is 6.30. The number of nitrogens with one attached hydrogen (secondary N) is 1. The molecule has 1 unspecified atom stereocenters. The molecule has 1 heterocycles. The van der Waals surface area contributed by atoms with Crippen LogP contribution in [-0.2, 0) is 6.42 Å². The van der Waals surface area contributed by atoms with E-state index in [1.807, 2.05) is 12.1 Å². The zero-order valence-electron chi connectivity index (χ0n) is 13.8. The van der Waals surface area contributed by atoms with Crippen molar-refractivity contribution in [3.63, 3.8) is 0 Å². The van der Waals surface area contributed by atoms with Gasteiger partial charge in [-0.25, -0.2) is 4.68 Å². The minimum Gasteiger partial charge on any atom is -0.351 e. The lowest BCUT2D eigenvalue weighted by molar-refractivity contribution is 0.0950. The van der Waals surface area contributed by atoms with Crippen LogP contribution in [-0.4, -0.2) is 32.7 Å². The van der Waals surface area contributed by atoms with Gasteiger partial charge in [-0.15, -0.1) is 5.10 Å². The number of carbonyl (C=O) groups excluding carboxylic acids is 1. The van der Waals surface area contributed by atoms with Gasteiger partial charge < -0.3 is 5.32 Å². The Morgan fingerprint density at radius 2 is 2.12 bits per heavy atom.